The number of aliphatic hydroxyl groups excluding tert-OH is 2. The van der Waals surface area contributed by atoms with Crippen molar-refractivity contribution in [1.82, 2.24) is 5.32 Å². The third-order valence-electron chi connectivity index (χ3n) is 3.91. The topological polar surface area (TPSA) is 61.7 Å². The number of hydrogen-bond donors (Lipinski definition) is 3. The lowest BCUT2D eigenvalue weighted by molar-refractivity contribution is 0.104. The van der Waals surface area contributed by atoms with E-state index in [1.807, 2.05) is 48.5 Å². The first kappa shape index (κ1) is 18.5. The number of hydrogen-bond acceptors (Lipinski definition) is 4. The Morgan fingerprint density at radius 2 is 1.83 bits per heavy atom. The van der Waals surface area contributed by atoms with E-state index in [4.69, 9.17) is 4.74 Å². The molecule has 24 heavy (non-hydrogen) atoms. The van der Waals surface area contributed by atoms with Crippen molar-refractivity contribution in [3.8, 4) is 5.75 Å². The molecule has 0 heterocycles. The first-order chi connectivity index (χ1) is 11.7. The quantitative estimate of drug-likeness (QED) is 0.587. The normalized spacial score (nSPS) is 13.5. The van der Waals surface area contributed by atoms with E-state index in [1.54, 1.807) is 0 Å². The molecule has 0 aliphatic carbocycles. The second-order valence-corrected chi connectivity index (χ2v) is 5.89. The summed E-state index contributed by atoms with van der Waals surface area (Å²) in [5.74, 6) is 0.785. The Morgan fingerprint density at radius 3 is 2.58 bits per heavy atom. The van der Waals surface area contributed by atoms with E-state index in [0.717, 1.165) is 17.7 Å². The summed E-state index contributed by atoms with van der Waals surface area (Å²) in [6.07, 6.45) is 0.509. The third-order valence-corrected chi connectivity index (χ3v) is 3.91. The summed E-state index contributed by atoms with van der Waals surface area (Å²) < 4.78 is 5.62. The molecule has 0 saturated carbocycles. The predicted octanol–water partition coefficient (Wildman–Crippen LogP) is 2.70. The molecular formula is C20H27NO3. The van der Waals surface area contributed by atoms with Crippen LogP contribution in [0.25, 0.3) is 0 Å². The molecule has 0 radical (unpaired) electrons. The molecule has 2 aromatic rings. The van der Waals surface area contributed by atoms with Crippen molar-refractivity contribution in [3.63, 3.8) is 0 Å². The molecule has 0 aliphatic rings. The standard InChI is InChI=1S/C20H27NO3/c1-2-16-7-6-10-19(13-16)24-15-18(22)14-21-12-11-20(23)17-8-4-3-5-9-17/h3-10,13,18,20-23H,2,11-12,14-15H2,1H3. The van der Waals surface area contributed by atoms with E-state index in [1.165, 1.54) is 5.56 Å². The Bertz CT molecular complexity index is 588. The van der Waals surface area contributed by atoms with Gasteiger partial charge in [-0.3, -0.25) is 0 Å². The third kappa shape index (κ3) is 6.32. The second kappa shape index (κ2) is 10.1. The van der Waals surface area contributed by atoms with Crippen LogP contribution in [0.15, 0.2) is 54.6 Å². The maximum Gasteiger partial charge on any atom is 0.119 e. The van der Waals surface area contributed by atoms with Gasteiger partial charge in [-0.1, -0.05) is 49.4 Å². The first-order valence-electron chi connectivity index (χ1n) is 8.52. The molecule has 0 aliphatic heterocycles. The Kier molecular flexibility index (Phi) is 7.75. The van der Waals surface area contributed by atoms with E-state index in [2.05, 4.69) is 18.3 Å². The van der Waals surface area contributed by atoms with Crippen molar-refractivity contribution in [2.45, 2.75) is 32.0 Å². The summed E-state index contributed by atoms with van der Waals surface area (Å²) in [7, 11) is 0. The van der Waals surface area contributed by atoms with Crippen molar-refractivity contribution >= 4 is 0 Å². The molecule has 0 amide bonds. The van der Waals surface area contributed by atoms with Crippen LogP contribution in [0.5, 0.6) is 5.75 Å². The van der Waals surface area contributed by atoms with Gasteiger partial charge in [0.2, 0.25) is 0 Å². The van der Waals surface area contributed by atoms with E-state index >= 15 is 0 Å². The Balaban J connectivity index is 1.62. The molecule has 2 atom stereocenters. The number of nitrogens with one attached hydrogen (secondary N) is 1. The van der Waals surface area contributed by atoms with Gasteiger partial charge in [-0.15, -0.1) is 0 Å². The molecular weight excluding hydrogens is 302 g/mol. The monoisotopic (exact) mass is 329 g/mol. The van der Waals surface area contributed by atoms with Crippen LogP contribution in [0.4, 0.5) is 0 Å². The average Bonchev–Trinajstić information content (AvgIpc) is 2.64. The van der Waals surface area contributed by atoms with Crippen molar-refractivity contribution in [3.05, 3.63) is 65.7 Å². The van der Waals surface area contributed by atoms with Gasteiger partial charge in [0.25, 0.3) is 0 Å². The minimum Gasteiger partial charge on any atom is -0.491 e. The summed E-state index contributed by atoms with van der Waals surface area (Å²) in [5.41, 5.74) is 2.13. The zero-order valence-electron chi connectivity index (χ0n) is 14.2. The first-order valence-corrected chi connectivity index (χ1v) is 8.52. The van der Waals surface area contributed by atoms with Gasteiger partial charge in [-0.05, 0) is 42.6 Å². The minimum atomic E-state index is -0.579. The second-order valence-electron chi connectivity index (χ2n) is 5.89. The molecule has 0 saturated heterocycles. The summed E-state index contributed by atoms with van der Waals surface area (Å²) in [5, 5.41) is 23.2. The zero-order valence-corrected chi connectivity index (χ0v) is 14.2. The highest BCUT2D eigenvalue weighted by atomic mass is 16.5. The fraction of sp³-hybridized carbons (Fsp3) is 0.400. The van der Waals surface area contributed by atoms with Crippen molar-refractivity contribution in [1.29, 1.82) is 0 Å². The highest BCUT2D eigenvalue weighted by Gasteiger charge is 2.08. The molecule has 2 rings (SSSR count). The number of ether oxygens (including phenoxy) is 1. The smallest absolute Gasteiger partial charge is 0.119 e. The highest BCUT2D eigenvalue weighted by Crippen LogP contribution is 2.15. The zero-order chi connectivity index (χ0) is 17.2. The van der Waals surface area contributed by atoms with E-state index < -0.39 is 12.2 Å². The van der Waals surface area contributed by atoms with Crippen LogP contribution in [-0.4, -0.2) is 36.0 Å². The van der Waals surface area contributed by atoms with Gasteiger partial charge in [0.15, 0.2) is 0 Å². The lowest BCUT2D eigenvalue weighted by atomic mass is 10.1. The molecule has 0 aromatic heterocycles. The van der Waals surface area contributed by atoms with Crippen LogP contribution in [0, 0.1) is 0 Å². The Hall–Kier alpha value is -1.88. The van der Waals surface area contributed by atoms with Crippen LogP contribution < -0.4 is 10.1 Å². The van der Waals surface area contributed by atoms with Crippen LogP contribution in [0.3, 0.4) is 0 Å². The molecule has 0 fully saturated rings. The van der Waals surface area contributed by atoms with E-state index in [9.17, 15) is 10.2 Å². The Labute approximate surface area is 144 Å². The van der Waals surface area contributed by atoms with Gasteiger partial charge in [0, 0.05) is 6.54 Å². The molecule has 4 nitrogen and oxygen atoms in total. The van der Waals surface area contributed by atoms with Gasteiger partial charge in [0.05, 0.1) is 6.10 Å². The fourth-order valence-electron chi connectivity index (χ4n) is 2.46. The fourth-order valence-corrected chi connectivity index (χ4v) is 2.46. The number of rotatable bonds is 10. The van der Waals surface area contributed by atoms with Crippen LogP contribution in [-0.2, 0) is 6.42 Å². The summed E-state index contributed by atoms with van der Waals surface area (Å²) in [4.78, 5) is 0. The van der Waals surface area contributed by atoms with Gasteiger partial charge in [0.1, 0.15) is 18.5 Å². The van der Waals surface area contributed by atoms with Crippen molar-refractivity contribution < 1.29 is 14.9 Å². The highest BCUT2D eigenvalue weighted by molar-refractivity contribution is 5.28. The molecule has 0 spiro atoms. The van der Waals surface area contributed by atoms with Crippen molar-refractivity contribution in [2.75, 3.05) is 19.7 Å². The van der Waals surface area contributed by atoms with Gasteiger partial charge in [-0.2, -0.15) is 0 Å². The maximum absolute atomic E-state index is 10.1. The van der Waals surface area contributed by atoms with Gasteiger partial charge >= 0.3 is 0 Å². The lowest BCUT2D eigenvalue weighted by Gasteiger charge is -2.15. The summed E-state index contributed by atoms with van der Waals surface area (Å²) in [6.45, 7) is 3.43. The molecule has 2 aromatic carbocycles. The minimum absolute atomic E-state index is 0.251. The summed E-state index contributed by atoms with van der Waals surface area (Å²) in [6, 6.07) is 17.5. The Morgan fingerprint density at radius 1 is 1.04 bits per heavy atom. The number of aryl methyl sites for hydroxylation is 1. The molecule has 0 bridgehead atoms. The van der Waals surface area contributed by atoms with Crippen LogP contribution in [0.1, 0.15) is 30.6 Å². The van der Waals surface area contributed by atoms with Crippen LogP contribution >= 0.6 is 0 Å². The SMILES string of the molecule is CCc1cccc(OCC(O)CNCCC(O)c2ccccc2)c1. The number of aliphatic hydroxyl groups is 2. The van der Waals surface area contributed by atoms with E-state index in [0.29, 0.717) is 19.5 Å². The molecule has 130 valence electrons. The average molecular weight is 329 g/mol. The maximum atomic E-state index is 10.1. The number of benzene rings is 2. The molecule has 3 N–H and O–H groups in total. The van der Waals surface area contributed by atoms with Gasteiger partial charge < -0.3 is 20.3 Å². The predicted molar refractivity (Wildman–Crippen MR) is 96.2 cm³/mol. The van der Waals surface area contributed by atoms with E-state index in [-0.39, 0.29) is 6.61 Å². The molecule has 2 unspecified atom stereocenters. The lowest BCUT2D eigenvalue weighted by Crippen LogP contribution is -2.32. The molecule has 4 heteroatoms. The summed E-state index contributed by atoms with van der Waals surface area (Å²) >= 11 is 0. The van der Waals surface area contributed by atoms with Crippen LogP contribution in [0.2, 0.25) is 0 Å². The largest absolute Gasteiger partial charge is 0.491 e. The van der Waals surface area contributed by atoms with Gasteiger partial charge in [-0.25, -0.2) is 0 Å². The van der Waals surface area contributed by atoms with Crippen molar-refractivity contribution in [2.24, 2.45) is 0 Å².